The fraction of sp³-hybridized carbons (Fsp3) is 0.758. The first-order valence-corrected chi connectivity index (χ1v) is 28.9. The Kier molecular flexibility index (Phi) is 53.8. The summed E-state index contributed by atoms with van der Waals surface area (Å²) in [7, 11) is 0. The SMILES string of the molecule is CC/C=C/C/C=C/C/C=C/C/C=C/C/C=C/CCCC(=O)O[C@@H](COC(=O)CCCCCCCCCCC/C=C/CCCCCCCC)COC(=O)CCCCCCCCCCCCCCCC. The topological polar surface area (TPSA) is 78.9 Å². The van der Waals surface area contributed by atoms with Crippen LogP contribution in [0.3, 0.4) is 0 Å². The van der Waals surface area contributed by atoms with Gasteiger partial charge in [0.15, 0.2) is 6.10 Å². The van der Waals surface area contributed by atoms with Crippen LogP contribution < -0.4 is 0 Å². The van der Waals surface area contributed by atoms with Crippen LogP contribution in [0.15, 0.2) is 72.9 Å². The van der Waals surface area contributed by atoms with E-state index in [0.717, 1.165) is 77.0 Å². The maximum absolute atomic E-state index is 12.8. The van der Waals surface area contributed by atoms with Crippen molar-refractivity contribution in [1.29, 1.82) is 0 Å². The minimum absolute atomic E-state index is 0.0960. The Hall–Kier alpha value is -3.15. The molecule has 0 saturated heterocycles. The summed E-state index contributed by atoms with van der Waals surface area (Å²) >= 11 is 0. The van der Waals surface area contributed by atoms with Crippen molar-refractivity contribution < 1.29 is 28.6 Å². The zero-order valence-electron chi connectivity index (χ0n) is 44.9. The molecule has 0 aromatic rings. The van der Waals surface area contributed by atoms with Crippen LogP contribution in [0.4, 0.5) is 0 Å². The van der Waals surface area contributed by atoms with Gasteiger partial charge in [-0.1, -0.05) is 254 Å². The maximum atomic E-state index is 12.8. The average molecular weight is 950 g/mol. The fourth-order valence-corrected chi connectivity index (χ4v) is 8.12. The number of allylic oxidation sites excluding steroid dienone is 12. The van der Waals surface area contributed by atoms with E-state index in [1.807, 2.05) is 0 Å². The van der Waals surface area contributed by atoms with Gasteiger partial charge in [-0.25, -0.2) is 0 Å². The third kappa shape index (κ3) is 53.8. The van der Waals surface area contributed by atoms with Crippen molar-refractivity contribution in [1.82, 2.24) is 0 Å². The monoisotopic (exact) mass is 949 g/mol. The van der Waals surface area contributed by atoms with Crippen LogP contribution in [0.25, 0.3) is 0 Å². The third-order valence-corrected chi connectivity index (χ3v) is 12.4. The fourth-order valence-electron chi connectivity index (χ4n) is 8.12. The number of rotatable bonds is 52. The summed E-state index contributed by atoms with van der Waals surface area (Å²) in [6.07, 6.45) is 71.8. The van der Waals surface area contributed by atoms with Gasteiger partial charge in [0, 0.05) is 19.3 Å². The molecule has 392 valence electrons. The number of hydrogen-bond acceptors (Lipinski definition) is 6. The van der Waals surface area contributed by atoms with Crippen molar-refractivity contribution in [2.45, 2.75) is 290 Å². The molecule has 0 heterocycles. The molecule has 0 rings (SSSR count). The largest absolute Gasteiger partial charge is 0.462 e. The van der Waals surface area contributed by atoms with Crippen LogP contribution in [-0.2, 0) is 28.6 Å². The van der Waals surface area contributed by atoms with Crippen molar-refractivity contribution in [3.05, 3.63) is 72.9 Å². The van der Waals surface area contributed by atoms with Crippen LogP contribution >= 0.6 is 0 Å². The number of ether oxygens (including phenoxy) is 3. The molecule has 6 heteroatoms. The molecule has 0 saturated carbocycles. The Morgan fingerprint density at radius 1 is 0.309 bits per heavy atom. The molecule has 0 aliphatic carbocycles. The summed E-state index contributed by atoms with van der Waals surface area (Å²) in [6, 6.07) is 0. The van der Waals surface area contributed by atoms with E-state index >= 15 is 0 Å². The summed E-state index contributed by atoms with van der Waals surface area (Å²) in [4.78, 5) is 38.1. The van der Waals surface area contributed by atoms with Crippen molar-refractivity contribution in [2.24, 2.45) is 0 Å². The second-order valence-corrected chi connectivity index (χ2v) is 19.2. The average Bonchev–Trinajstić information content (AvgIpc) is 3.34. The number of carbonyl (C=O) groups is 3. The van der Waals surface area contributed by atoms with Gasteiger partial charge in [-0.05, 0) is 83.5 Å². The van der Waals surface area contributed by atoms with Crippen molar-refractivity contribution in [3.63, 3.8) is 0 Å². The molecule has 0 aliphatic heterocycles. The van der Waals surface area contributed by atoms with Crippen molar-refractivity contribution in [2.75, 3.05) is 13.2 Å². The Morgan fingerprint density at radius 3 is 0.956 bits per heavy atom. The van der Waals surface area contributed by atoms with Gasteiger partial charge >= 0.3 is 17.9 Å². The maximum Gasteiger partial charge on any atom is 0.306 e. The minimum atomic E-state index is -0.804. The predicted octanol–water partition coefficient (Wildman–Crippen LogP) is 19.4. The highest BCUT2D eigenvalue weighted by Gasteiger charge is 2.19. The Morgan fingerprint density at radius 2 is 0.588 bits per heavy atom. The van der Waals surface area contributed by atoms with Gasteiger partial charge in [0.05, 0.1) is 0 Å². The Labute approximate surface area is 421 Å². The van der Waals surface area contributed by atoms with E-state index in [1.165, 1.54) is 161 Å². The number of esters is 3. The van der Waals surface area contributed by atoms with Gasteiger partial charge in [0.25, 0.3) is 0 Å². The van der Waals surface area contributed by atoms with E-state index in [2.05, 4.69) is 93.7 Å². The van der Waals surface area contributed by atoms with Crippen molar-refractivity contribution >= 4 is 17.9 Å². The van der Waals surface area contributed by atoms with E-state index in [9.17, 15) is 14.4 Å². The highest BCUT2D eigenvalue weighted by Crippen LogP contribution is 2.16. The molecular formula is C62H108O6. The first-order chi connectivity index (χ1) is 33.5. The first kappa shape index (κ1) is 64.8. The Bertz CT molecular complexity index is 1270. The summed E-state index contributed by atoms with van der Waals surface area (Å²) in [6.45, 7) is 6.50. The van der Waals surface area contributed by atoms with E-state index < -0.39 is 6.10 Å². The molecule has 0 unspecified atom stereocenters. The minimum Gasteiger partial charge on any atom is -0.462 e. The van der Waals surface area contributed by atoms with Crippen molar-refractivity contribution in [3.8, 4) is 0 Å². The van der Waals surface area contributed by atoms with Crippen LogP contribution in [0.5, 0.6) is 0 Å². The van der Waals surface area contributed by atoms with Crippen LogP contribution in [0, 0.1) is 0 Å². The molecule has 0 amide bonds. The molecule has 0 radical (unpaired) electrons. The zero-order chi connectivity index (χ0) is 49.3. The number of carbonyl (C=O) groups excluding carboxylic acids is 3. The zero-order valence-corrected chi connectivity index (χ0v) is 44.9. The van der Waals surface area contributed by atoms with Crippen LogP contribution in [0.2, 0.25) is 0 Å². The van der Waals surface area contributed by atoms with Gasteiger partial charge in [-0.15, -0.1) is 0 Å². The summed E-state index contributed by atoms with van der Waals surface area (Å²) < 4.78 is 16.8. The smallest absolute Gasteiger partial charge is 0.306 e. The molecule has 68 heavy (non-hydrogen) atoms. The van der Waals surface area contributed by atoms with E-state index in [4.69, 9.17) is 14.2 Å². The lowest BCUT2D eigenvalue weighted by molar-refractivity contribution is -0.167. The first-order valence-electron chi connectivity index (χ1n) is 28.9. The van der Waals surface area contributed by atoms with Crippen LogP contribution in [0.1, 0.15) is 284 Å². The Balaban J connectivity index is 4.43. The molecule has 0 spiro atoms. The van der Waals surface area contributed by atoms with Gasteiger partial charge in [-0.2, -0.15) is 0 Å². The lowest BCUT2D eigenvalue weighted by atomic mass is 10.0. The number of hydrogen-bond donors (Lipinski definition) is 0. The molecule has 1 atom stereocenters. The molecule has 0 fully saturated rings. The van der Waals surface area contributed by atoms with Gasteiger partial charge in [0.1, 0.15) is 13.2 Å². The second-order valence-electron chi connectivity index (χ2n) is 19.2. The predicted molar refractivity (Wildman–Crippen MR) is 293 cm³/mol. The number of unbranched alkanes of at least 4 members (excludes halogenated alkanes) is 29. The van der Waals surface area contributed by atoms with Crippen LogP contribution in [-0.4, -0.2) is 37.2 Å². The molecule has 0 N–H and O–H groups in total. The third-order valence-electron chi connectivity index (χ3n) is 12.4. The van der Waals surface area contributed by atoms with Gasteiger partial charge in [-0.3, -0.25) is 14.4 Å². The highest BCUT2D eigenvalue weighted by molar-refractivity contribution is 5.71. The molecule has 0 aliphatic rings. The summed E-state index contributed by atoms with van der Waals surface area (Å²) in [5.74, 6) is -0.947. The van der Waals surface area contributed by atoms with E-state index in [-0.39, 0.29) is 37.5 Å². The van der Waals surface area contributed by atoms with E-state index in [0.29, 0.717) is 19.3 Å². The normalized spacial score (nSPS) is 12.6. The quantitative estimate of drug-likeness (QED) is 0.0262. The summed E-state index contributed by atoms with van der Waals surface area (Å²) in [5.41, 5.74) is 0. The molecule has 0 bridgehead atoms. The molecule has 6 nitrogen and oxygen atoms in total. The second kappa shape index (κ2) is 56.4. The lowest BCUT2D eigenvalue weighted by Gasteiger charge is -2.18. The molecular weight excluding hydrogens is 841 g/mol. The van der Waals surface area contributed by atoms with Gasteiger partial charge < -0.3 is 14.2 Å². The van der Waals surface area contributed by atoms with E-state index in [1.54, 1.807) is 0 Å². The summed E-state index contributed by atoms with van der Waals surface area (Å²) in [5, 5.41) is 0. The molecule has 0 aromatic carbocycles. The lowest BCUT2D eigenvalue weighted by Crippen LogP contribution is -2.30. The standard InChI is InChI=1S/C62H108O6/c1-4-7-10-13-16-19-22-25-28-30-31-33-34-37-40-43-46-49-52-55-61(64)67-58-59(57-66-60(63)54-51-48-45-42-39-36-27-24-21-18-15-12-9-6-3)68-62(65)56-53-50-47-44-41-38-35-32-29-26-23-20-17-14-11-8-5-2/h8,11,17,20,25-26,28-29,35,38,44,47,59H,4-7,9-10,12-16,18-19,21-24,27,30-34,36-37,39-43,45-46,48-58H2,1-3H3/b11-8+,20-17+,28-25+,29-26+,38-35+,47-44+/t59-/m1/s1. The highest BCUT2D eigenvalue weighted by atomic mass is 16.6. The molecule has 0 aromatic heterocycles. The van der Waals surface area contributed by atoms with Gasteiger partial charge in [0.2, 0.25) is 0 Å².